The maximum atomic E-state index is 14.8. The molecule has 0 aliphatic carbocycles. The second kappa shape index (κ2) is 13.6. The van der Waals surface area contributed by atoms with Gasteiger partial charge in [-0.05, 0) is 56.0 Å². The number of sulfonamides is 1. The van der Waals surface area contributed by atoms with E-state index in [2.05, 4.69) is 5.32 Å². The fourth-order valence-electron chi connectivity index (χ4n) is 4.39. The summed E-state index contributed by atoms with van der Waals surface area (Å²) in [4.78, 5) is 29.1. The topological polar surface area (TPSA) is 86.8 Å². The molecule has 0 aromatic heterocycles. The summed E-state index contributed by atoms with van der Waals surface area (Å²) in [5.41, 5.74) is 2.93. The first-order chi connectivity index (χ1) is 18.9. The molecular weight excluding hydrogens is 529 g/mol. The molecule has 0 spiro atoms. The highest BCUT2D eigenvalue weighted by molar-refractivity contribution is 7.92. The number of carbonyl (C=O) groups excluding carboxylic acids is 2. The van der Waals surface area contributed by atoms with Crippen molar-refractivity contribution in [2.45, 2.75) is 59.2 Å². The maximum Gasteiger partial charge on any atom is 0.244 e. The number of benzene rings is 3. The molecule has 0 fully saturated rings. The number of nitrogens with one attached hydrogen (secondary N) is 1. The molecule has 0 bridgehead atoms. The van der Waals surface area contributed by atoms with E-state index in [9.17, 15) is 22.4 Å². The van der Waals surface area contributed by atoms with Gasteiger partial charge in [-0.15, -0.1) is 0 Å². The maximum absolute atomic E-state index is 14.8. The summed E-state index contributed by atoms with van der Waals surface area (Å²) >= 11 is 0. The largest absolute Gasteiger partial charge is 0.352 e. The van der Waals surface area contributed by atoms with E-state index in [4.69, 9.17) is 0 Å². The first kappa shape index (κ1) is 30.8. The Bertz CT molecular complexity index is 1430. The van der Waals surface area contributed by atoms with Crippen molar-refractivity contribution >= 4 is 27.5 Å². The SMILES string of the molecule is CC[C@@H](C)NC(=O)[C@@H](Cc1ccccc1)N(Cc1ccccc1F)C(=O)CN(c1cc(C)ccc1C)S(C)(=O)=O. The summed E-state index contributed by atoms with van der Waals surface area (Å²) in [6.07, 6.45) is 1.89. The number of amides is 2. The van der Waals surface area contributed by atoms with Gasteiger partial charge < -0.3 is 10.2 Å². The van der Waals surface area contributed by atoms with Crippen LogP contribution in [0, 0.1) is 19.7 Å². The molecule has 40 heavy (non-hydrogen) atoms. The number of anilines is 1. The molecule has 2 amide bonds. The average Bonchev–Trinajstić information content (AvgIpc) is 2.91. The highest BCUT2D eigenvalue weighted by atomic mass is 32.2. The molecule has 9 heteroatoms. The fourth-order valence-corrected chi connectivity index (χ4v) is 5.29. The van der Waals surface area contributed by atoms with E-state index in [-0.39, 0.29) is 30.5 Å². The van der Waals surface area contributed by atoms with Crippen LogP contribution in [0.5, 0.6) is 0 Å². The summed E-state index contributed by atoms with van der Waals surface area (Å²) < 4.78 is 41.8. The highest BCUT2D eigenvalue weighted by Gasteiger charge is 2.34. The smallest absolute Gasteiger partial charge is 0.244 e. The first-order valence-corrected chi connectivity index (χ1v) is 15.2. The van der Waals surface area contributed by atoms with Crippen LogP contribution in [0.3, 0.4) is 0 Å². The molecule has 0 saturated heterocycles. The number of hydrogen-bond acceptors (Lipinski definition) is 4. The molecule has 0 aliphatic heterocycles. The molecule has 2 atom stereocenters. The van der Waals surface area contributed by atoms with Crippen LogP contribution < -0.4 is 9.62 Å². The zero-order valence-corrected chi connectivity index (χ0v) is 24.5. The van der Waals surface area contributed by atoms with Crippen LogP contribution in [0.4, 0.5) is 10.1 Å². The summed E-state index contributed by atoms with van der Waals surface area (Å²) in [6, 6.07) is 19.5. The lowest BCUT2D eigenvalue weighted by Gasteiger charge is -2.34. The summed E-state index contributed by atoms with van der Waals surface area (Å²) in [7, 11) is -3.88. The van der Waals surface area contributed by atoms with E-state index in [1.807, 2.05) is 57.2 Å². The average molecular weight is 568 g/mol. The normalized spacial score (nSPS) is 12.8. The van der Waals surface area contributed by atoms with Gasteiger partial charge in [0.05, 0.1) is 11.9 Å². The van der Waals surface area contributed by atoms with Crippen molar-refractivity contribution in [3.63, 3.8) is 0 Å². The van der Waals surface area contributed by atoms with Crippen molar-refractivity contribution in [2.75, 3.05) is 17.1 Å². The van der Waals surface area contributed by atoms with Gasteiger partial charge in [-0.25, -0.2) is 12.8 Å². The van der Waals surface area contributed by atoms with E-state index in [0.717, 1.165) is 21.7 Å². The predicted molar refractivity (Wildman–Crippen MR) is 157 cm³/mol. The third-order valence-electron chi connectivity index (χ3n) is 6.88. The minimum Gasteiger partial charge on any atom is -0.352 e. The van der Waals surface area contributed by atoms with Gasteiger partial charge in [0.15, 0.2) is 0 Å². The summed E-state index contributed by atoms with van der Waals surface area (Å²) in [5, 5.41) is 2.96. The van der Waals surface area contributed by atoms with Crippen LogP contribution in [0.15, 0.2) is 72.8 Å². The van der Waals surface area contributed by atoms with Crippen LogP contribution in [0.1, 0.15) is 42.5 Å². The Balaban J connectivity index is 2.10. The van der Waals surface area contributed by atoms with E-state index >= 15 is 0 Å². The van der Waals surface area contributed by atoms with Crippen LogP contribution in [-0.4, -0.2) is 50.0 Å². The van der Waals surface area contributed by atoms with Gasteiger partial charge >= 0.3 is 0 Å². The van der Waals surface area contributed by atoms with Crippen molar-refractivity contribution < 1.29 is 22.4 Å². The number of carbonyl (C=O) groups is 2. The number of nitrogens with zero attached hydrogens (tertiary/aromatic N) is 2. The van der Waals surface area contributed by atoms with Gasteiger partial charge in [0.2, 0.25) is 21.8 Å². The number of halogens is 1. The van der Waals surface area contributed by atoms with Gasteiger partial charge in [0.1, 0.15) is 18.4 Å². The molecule has 0 radical (unpaired) electrons. The third kappa shape index (κ3) is 8.14. The minimum absolute atomic E-state index is 0.154. The molecule has 0 heterocycles. The van der Waals surface area contributed by atoms with E-state index in [0.29, 0.717) is 17.7 Å². The highest BCUT2D eigenvalue weighted by Crippen LogP contribution is 2.25. The van der Waals surface area contributed by atoms with Crippen LogP contribution in [-0.2, 0) is 32.6 Å². The molecular formula is C31H38FN3O4S. The van der Waals surface area contributed by atoms with E-state index < -0.39 is 34.3 Å². The Kier molecular flexibility index (Phi) is 10.5. The van der Waals surface area contributed by atoms with Crippen LogP contribution in [0.25, 0.3) is 0 Å². The van der Waals surface area contributed by atoms with Crippen LogP contribution >= 0.6 is 0 Å². The third-order valence-corrected chi connectivity index (χ3v) is 8.01. The Labute approximate surface area is 237 Å². The van der Waals surface area contributed by atoms with Crippen molar-refractivity contribution in [1.82, 2.24) is 10.2 Å². The monoisotopic (exact) mass is 567 g/mol. The molecule has 0 unspecified atom stereocenters. The van der Waals surface area contributed by atoms with Gasteiger partial charge in [0.25, 0.3) is 0 Å². The zero-order valence-electron chi connectivity index (χ0n) is 23.7. The van der Waals surface area contributed by atoms with Crippen molar-refractivity contribution in [3.8, 4) is 0 Å². The summed E-state index contributed by atoms with van der Waals surface area (Å²) in [6.45, 7) is 6.66. The molecule has 3 aromatic carbocycles. The van der Waals surface area contributed by atoms with E-state index in [1.54, 1.807) is 37.3 Å². The van der Waals surface area contributed by atoms with Gasteiger partial charge in [0, 0.05) is 24.6 Å². The van der Waals surface area contributed by atoms with E-state index in [1.165, 1.54) is 11.0 Å². The second-order valence-electron chi connectivity index (χ2n) is 10.2. The van der Waals surface area contributed by atoms with Gasteiger partial charge in [-0.2, -0.15) is 0 Å². The van der Waals surface area contributed by atoms with Gasteiger partial charge in [-0.3, -0.25) is 13.9 Å². The Morgan fingerprint density at radius 3 is 2.25 bits per heavy atom. The first-order valence-electron chi connectivity index (χ1n) is 13.3. The summed E-state index contributed by atoms with van der Waals surface area (Å²) in [5.74, 6) is -1.52. The number of hydrogen-bond donors (Lipinski definition) is 1. The van der Waals surface area contributed by atoms with Crippen LogP contribution in [0.2, 0.25) is 0 Å². The molecule has 0 aliphatic rings. The van der Waals surface area contributed by atoms with Crippen molar-refractivity contribution in [1.29, 1.82) is 0 Å². The second-order valence-corrected chi connectivity index (χ2v) is 12.1. The number of rotatable bonds is 12. The Hall–Kier alpha value is -3.72. The van der Waals surface area contributed by atoms with Crippen molar-refractivity contribution in [3.05, 3.63) is 101 Å². The minimum atomic E-state index is -3.88. The lowest BCUT2D eigenvalue weighted by Crippen LogP contribution is -2.54. The molecule has 7 nitrogen and oxygen atoms in total. The van der Waals surface area contributed by atoms with Crippen molar-refractivity contribution in [2.24, 2.45) is 0 Å². The predicted octanol–water partition coefficient (Wildman–Crippen LogP) is 4.76. The fraction of sp³-hybridized carbons (Fsp3) is 0.355. The molecule has 214 valence electrons. The zero-order chi connectivity index (χ0) is 29.4. The molecule has 1 N–H and O–H groups in total. The molecule has 3 rings (SSSR count). The quantitative estimate of drug-likeness (QED) is 0.342. The molecule has 3 aromatic rings. The lowest BCUT2D eigenvalue weighted by molar-refractivity contribution is -0.140. The Morgan fingerprint density at radius 1 is 0.975 bits per heavy atom. The Morgan fingerprint density at radius 2 is 1.62 bits per heavy atom. The standard InChI is InChI=1S/C31H38FN3O4S/c1-6-24(4)33-31(37)29(19-25-12-8-7-9-13-25)34(20-26-14-10-11-15-27(26)32)30(36)21-35(40(5,38)39)28-18-22(2)16-17-23(28)3/h7-18,24,29H,6,19-21H2,1-5H3,(H,33,37)/t24-,29-/m1/s1. The lowest BCUT2D eigenvalue weighted by atomic mass is 10.0. The van der Waals surface area contributed by atoms with Gasteiger partial charge in [-0.1, -0.05) is 67.6 Å². The number of aryl methyl sites for hydroxylation is 2. The molecule has 0 saturated carbocycles.